The highest BCUT2D eigenvalue weighted by Gasteiger charge is 2.04. The van der Waals surface area contributed by atoms with Crippen LogP contribution in [0.4, 0.5) is 0 Å². The lowest BCUT2D eigenvalue weighted by atomic mass is 10.1. The second kappa shape index (κ2) is 8.52. The summed E-state index contributed by atoms with van der Waals surface area (Å²) < 4.78 is 0. The molecule has 1 aromatic rings. The fourth-order valence-electron chi connectivity index (χ4n) is 1.64. The summed E-state index contributed by atoms with van der Waals surface area (Å²) in [6, 6.07) is 6.59. The molecule has 0 fully saturated rings. The molecule has 0 aliphatic heterocycles. The number of carboxylic acids is 1. The van der Waals surface area contributed by atoms with Gasteiger partial charge in [0.15, 0.2) is 0 Å². The summed E-state index contributed by atoms with van der Waals surface area (Å²) in [5.74, 6) is -1.57. The third-order valence-corrected chi connectivity index (χ3v) is 2.73. The monoisotopic (exact) mass is 290 g/mol. The van der Waals surface area contributed by atoms with Crippen LogP contribution in [0, 0.1) is 0 Å². The van der Waals surface area contributed by atoms with Crippen LogP contribution < -0.4 is 11.1 Å². The van der Waals surface area contributed by atoms with Crippen molar-refractivity contribution in [2.24, 2.45) is 5.73 Å². The standard InChI is InChI=1S/C15H18N2O4/c16-13(18)3-1-2-10-17-15(21)12-7-4-11(5-8-12)6-9-14(19)20/h4-9H,1-3,10H2,(H2,16,18)(H,17,21)(H,19,20)/b9-6+. The first-order chi connectivity index (χ1) is 9.99. The molecule has 0 atom stereocenters. The number of nitrogens with one attached hydrogen (secondary N) is 1. The number of unbranched alkanes of at least 4 members (excludes halogenated alkanes) is 1. The molecular formula is C15H18N2O4. The molecule has 0 bridgehead atoms. The molecule has 0 saturated carbocycles. The SMILES string of the molecule is NC(=O)CCCCNC(=O)c1ccc(/C=C/C(=O)O)cc1. The first kappa shape index (κ1) is 16.4. The average molecular weight is 290 g/mol. The van der Waals surface area contributed by atoms with Crippen molar-refractivity contribution in [3.8, 4) is 0 Å². The fourth-order valence-corrected chi connectivity index (χ4v) is 1.64. The Morgan fingerprint density at radius 1 is 1.14 bits per heavy atom. The van der Waals surface area contributed by atoms with Crippen molar-refractivity contribution in [3.05, 3.63) is 41.5 Å². The highest BCUT2D eigenvalue weighted by Crippen LogP contribution is 2.06. The average Bonchev–Trinajstić information content (AvgIpc) is 2.44. The van der Waals surface area contributed by atoms with Gasteiger partial charge in [-0.15, -0.1) is 0 Å². The first-order valence-corrected chi connectivity index (χ1v) is 6.56. The van der Waals surface area contributed by atoms with Crippen molar-refractivity contribution in [2.45, 2.75) is 19.3 Å². The molecule has 6 heteroatoms. The predicted molar refractivity (Wildman–Crippen MR) is 78.5 cm³/mol. The molecule has 4 N–H and O–H groups in total. The zero-order chi connectivity index (χ0) is 15.7. The number of hydrogen-bond acceptors (Lipinski definition) is 3. The summed E-state index contributed by atoms with van der Waals surface area (Å²) in [7, 11) is 0. The van der Waals surface area contributed by atoms with E-state index in [1.54, 1.807) is 24.3 Å². The van der Waals surface area contributed by atoms with Gasteiger partial charge in [0.05, 0.1) is 0 Å². The van der Waals surface area contributed by atoms with Gasteiger partial charge in [-0.2, -0.15) is 0 Å². The molecule has 1 rings (SSSR count). The summed E-state index contributed by atoms with van der Waals surface area (Å²) in [5.41, 5.74) is 6.22. The zero-order valence-corrected chi connectivity index (χ0v) is 11.5. The van der Waals surface area contributed by atoms with Crippen LogP contribution in [-0.4, -0.2) is 29.4 Å². The van der Waals surface area contributed by atoms with E-state index in [1.165, 1.54) is 6.08 Å². The highest BCUT2D eigenvalue weighted by molar-refractivity contribution is 5.94. The lowest BCUT2D eigenvalue weighted by molar-refractivity contribution is -0.131. The van der Waals surface area contributed by atoms with E-state index >= 15 is 0 Å². The van der Waals surface area contributed by atoms with Crippen LogP contribution >= 0.6 is 0 Å². The van der Waals surface area contributed by atoms with E-state index in [0.717, 1.165) is 6.08 Å². The summed E-state index contributed by atoms with van der Waals surface area (Å²) in [6.07, 6.45) is 4.14. The van der Waals surface area contributed by atoms with Crippen molar-refractivity contribution in [1.82, 2.24) is 5.32 Å². The van der Waals surface area contributed by atoms with Crippen LogP contribution in [0.3, 0.4) is 0 Å². The van der Waals surface area contributed by atoms with E-state index in [0.29, 0.717) is 36.9 Å². The number of primary amides is 1. The van der Waals surface area contributed by atoms with Gasteiger partial charge >= 0.3 is 5.97 Å². The van der Waals surface area contributed by atoms with Gasteiger partial charge in [-0.1, -0.05) is 12.1 Å². The Morgan fingerprint density at radius 2 is 1.81 bits per heavy atom. The number of aliphatic carboxylic acids is 1. The quantitative estimate of drug-likeness (QED) is 0.493. The van der Waals surface area contributed by atoms with Gasteiger partial charge in [-0.05, 0) is 36.6 Å². The van der Waals surface area contributed by atoms with E-state index < -0.39 is 5.97 Å². The Balaban J connectivity index is 2.41. The fraction of sp³-hybridized carbons (Fsp3) is 0.267. The van der Waals surface area contributed by atoms with Gasteiger partial charge in [0.1, 0.15) is 0 Å². The highest BCUT2D eigenvalue weighted by atomic mass is 16.4. The van der Waals surface area contributed by atoms with Crippen LogP contribution in [0.5, 0.6) is 0 Å². The lowest BCUT2D eigenvalue weighted by Gasteiger charge is -2.05. The third kappa shape index (κ3) is 6.91. The molecule has 0 unspecified atom stereocenters. The van der Waals surface area contributed by atoms with Crippen molar-refractivity contribution >= 4 is 23.9 Å². The number of benzene rings is 1. The minimum absolute atomic E-state index is 0.206. The third-order valence-electron chi connectivity index (χ3n) is 2.73. The van der Waals surface area contributed by atoms with Crippen LogP contribution in [0.2, 0.25) is 0 Å². The molecule has 0 aromatic heterocycles. The number of nitrogens with two attached hydrogens (primary N) is 1. The number of amides is 2. The Kier molecular flexibility index (Phi) is 6.67. The van der Waals surface area contributed by atoms with Gasteiger partial charge in [-0.3, -0.25) is 9.59 Å². The Hall–Kier alpha value is -2.63. The van der Waals surface area contributed by atoms with E-state index in [1.807, 2.05) is 0 Å². The topological polar surface area (TPSA) is 109 Å². The van der Waals surface area contributed by atoms with Gasteiger partial charge in [0, 0.05) is 24.6 Å². The summed E-state index contributed by atoms with van der Waals surface area (Å²) in [6.45, 7) is 0.479. The van der Waals surface area contributed by atoms with E-state index in [2.05, 4.69) is 5.32 Å². The maximum absolute atomic E-state index is 11.8. The zero-order valence-electron chi connectivity index (χ0n) is 11.5. The van der Waals surface area contributed by atoms with Gasteiger partial charge < -0.3 is 16.2 Å². The molecule has 0 spiro atoms. The first-order valence-electron chi connectivity index (χ1n) is 6.56. The summed E-state index contributed by atoms with van der Waals surface area (Å²) in [4.78, 5) is 32.7. The molecule has 0 aliphatic rings. The van der Waals surface area contributed by atoms with Crippen molar-refractivity contribution in [3.63, 3.8) is 0 Å². The molecule has 1 aromatic carbocycles. The number of carbonyl (C=O) groups excluding carboxylic acids is 2. The number of carboxylic acid groups (broad SMARTS) is 1. The largest absolute Gasteiger partial charge is 0.478 e. The molecule has 21 heavy (non-hydrogen) atoms. The van der Waals surface area contributed by atoms with E-state index in [4.69, 9.17) is 10.8 Å². The van der Waals surface area contributed by atoms with Crippen LogP contribution in [0.25, 0.3) is 6.08 Å². The van der Waals surface area contributed by atoms with Gasteiger partial charge in [0.25, 0.3) is 5.91 Å². The molecule has 0 aliphatic carbocycles. The minimum Gasteiger partial charge on any atom is -0.478 e. The molecular weight excluding hydrogens is 272 g/mol. The number of rotatable bonds is 8. The molecule has 112 valence electrons. The lowest BCUT2D eigenvalue weighted by Crippen LogP contribution is -2.24. The molecule has 6 nitrogen and oxygen atoms in total. The van der Waals surface area contributed by atoms with Crippen LogP contribution in [0.15, 0.2) is 30.3 Å². The Morgan fingerprint density at radius 3 is 2.38 bits per heavy atom. The van der Waals surface area contributed by atoms with Gasteiger partial charge in [0.2, 0.25) is 5.91 Å². The van der Waals surface area contributed by atoms with Crippen LogP contribution in [0.1, 0.15) is 35.2 Å². The molecule has 0 saturated heterocycles. The Bertz CT molecular complexity index is 535. The maximum Gasteiger partial charge on any atom is 0.328 e. The predicted octanol–water partition coefficient (Wildman–Crippen LogP) is 1.17. The van der Waals surface area contributed by atoms with E-state index in [-0.39, 0.29) is 11.8 Å². The number of carbonyl (C=O) groups is 3. The second-order valence-corrected chi connectivity index (χ2v) is 4.47. The summed E-state index contributed by atoms with van der Waals surface area (Å²) in [5, 5.41) is 11.3. The van der Waals surface area contributed by atoms with E-state index in [9.17, 15) is 14.4 Å². The van der Waals surface area contributed by atoms with Crippen molar-refractivity contribution in [2.75, 3.05) is 6.54 Å². The molecule has 2 amide bonds. The Labute approximate surface area is 122 Å². The molecule has 0 radical (unpaired) electrons. The van der Waals surface area contributed by atoms with Crippen LogP contribution in [-0.2, 0) is 9.59 Å². The maximum atomic E-state index is 11.8. The molecule has 0 heterocycles. The minimum atomic E-state index is -1.02. The van der Waals surface area contributed by atoms with Crippen molar-refractivity contribution in [1.29, 1.82) is 0 Å². The second-order valence-electron chi connectivity index (χ2n) is 4.47. The van der Waals surface area contributed by atoms with Crippen molar-refractivity contribution < 1.29 is 19.5 Å². The smallest absolute Gasteiger partial charge is 0.328 e. The van der Waals surface area contributed by atoms with Gasteiger partial charge in [-0.25, -0.2) is 4.79 Å². The normalized spacial score (nSPS) is 10.5. The summed E-state index contributed by atoms with van der Waals surface area (Å²) >= 11 is 0. The number of hydrogen-bond donors (Lipinski definition) is 3.